The molecule has 0 radical (unpaired) electrons. The topological polar surface area (TPSA) is 73.8 Å². The smallest absolute Gasteiger partial charge is 0.422 e. The van der Waals surface area contributed by atoms with Gasteiger partial charge in [0.15, 0.2) is 36.2 Å². The van der Waals surface area contributed by atoms with Crippen LogP contribution in [0.25, 0.3) is 0 Å². The quantitative estimate of drug-likeness (QED) is 0.407. The maximum absolute atomic E-state index is 6.06. The molecule has 1 aliphatic rings. The third-order valence-corrected chi connectivity index (χ3v) is 21.8. The van der Waals surface area contributed by atoms with Crippen molar-refractivity contribution >= 4 is 74.3 Å². The zero-order valence-electron chi connectivity index (χ0n) is 15.9. The summed E-state index contributed by atoms with van der Waals surface area (Å²) >= 11 is 0. The number of hydrogen-bond acceptors (Lipinski definition) is 8. The highest BCUT2D eigenvalue weighted by Gasteiger charge is 2.40. The van der Waals surface area contributed by atoms with Gasteiger partial charge in [-0.15, -0.1) is 0 Å². The second-order valence-electron chi connectivity index (χ2n) is 6.44. The van der Waals surface area contributed by atoms with E-state index < -0.39 is 74.3 Å². The second kappa shape index (κ2) is 12.0. The van der Waals surface area contributed by atoms with Gasteiger partial charge < -0.3 is 32.9 Å². The van der Waals surface area contributed by atoms with Crippen LogP contribution in [0.2, 0.25) is 52.4 Å². The van der Waals surface area contributed by atoms with E-state index in [1.807, 2.05) is 0 Å². The minimum Gasteiger partial charge on any atom is -0.422 e. The van der Waals surface area contributed by atoms with Crippen LogP contribution in [0.5, 0.6) is 0 Å². The van der Waals surface area contributed by atoms with Gasteiger partial charge in [-0.05, 0) is 52.4 Å². The SMILES string of the molecule is C[SiH](C)O[SiH]1O[SiH](O[SiH](C)C)O[SiH](O[SiH](C)C)O[SiH](O[SiH](C)C)O1. The lowest BCUT2D eigenvalue weighted by Gasteiger charge is -2.34. The van der Waals surface area contributed by atoms with Gasteiger partial charge in [-0.1, -0.05) is 0 Å². The Morgan fingerprint density at radius 3 is 0.708 bits per heavy atom. The third-order valence-electron chi connectivity index (χ3n) is 2.42. The molecule has 0 aliphatic carbocycles. The Balaban J connectivity index is 2.86. The zero-order valence-corrected chi connectivity index (χ0v) is 25.1. The molecule has 0 aromatic carbocycles. The zero-order chi connectivity index (χ0) is 18.3. The molecule has 1 saturated heterocycles. The van der Waals surface area contributed by atoms with Gasteiger partial charge in [0.05, 0.1) is 0 Å². The van der Waals surface area contributed by atoms with E-state index in [1.165, 1.54) is 0 Å². The van der Waals surface area contributed by atoms with Crippen molar-refractivity contribution in [1.29, 1.82) is 0 Å². The first kappa shape index (κ1) is 23.5. The summed E-state index contributed by atoms with van der Waals surface area (Å²) in [6, 6.07) is 0. The molecule has 24 heavy (non-hydrogen) atoms. The van der Waals surface area contributed by atoms with Gasteiger partial charge in [-0.2, -0.15) is 0 Å². The Hall–Kier alpha value is 1.42. The predicted octanol–water partition coefficient (Wildman–Crippen LogP) is -1.06. The van der Waals surface area contributed by atoms with Crippen LogP contribution >= 0.6 is 0 Å². The summed E-state index contributed by atoms with van der Waals surface area (Å²) < 4.78 is 48.1. The van der Waals surface area contributed by atoms with Crippen LogP contribution in [0.15, 0.2) is 0 Å². The fourth-order valence-corrected chi connectivity index (χ4v) is 21.7. The van der Waals surface area contributed by atoms with Crippen LogP contribution in [-0.4, -0.2) is 74.3 Å². The molecule has 0 spiro atoms. The Morgan fingerprint density at radius 2 is 0.583 bits per heavy atom. The maximum Gasteiger partial charge on any atom is 0.458 e. The van der Waals surface area contributed by atoms with Crippen LogP contribution in [0.3, 0.4) is 0 Å². The molecular weight excluding hydrogens is 449 g/mol. The van der Waals surface area contributed by atoms with Crippen molar-refractivity contribution in [2.24, 2.45) is 0 Å². The summed E-state index contributed by atoms with van der Waals surface area (Å²) in [5, 5.41) is 0. The summed E-state index contributed by atoms with van der Waals surface area (Å²) in [6.07, 6.45) is 0. The summed E-state index contributed by atoms with van der Waals surface area (Å²) in [5.41, 5.74) is 0. The van der Waals surface area contributed by atoms with Crippen molar-refractivity contribution in [2.45, 2.75) is 52.4 Å². The Labute approximate surface area is 159 Å². The van der Waals surface area contributed by atoms with Gasteiger partial charge in [0, 0.05) is 0 Å². The molecule has 16 heteroatoms. The lowest BCUT2D eigenvalue weighted by Crippen LogP contribution is -2.55. The van der Waals surface area contributed by atoms with Gasteiger partial charge in [0.2, 0.25) is 0 Å². The molecule has 0 saturated carbocycles. The summed E-state index contributed by atoms with van der Waals surface area (Å²) in [5.74, 6) is 0. The van der Waals surface area contributed by atoms with E-state index in [-0.39, 0.29) is 0 Å². The van der Waals surface area contributed by atoms with Gasteiger partial charge >= 0.3 is 38.1 Å². The van der Waals surface area contributed by atoms with Crippen molar-refractivity contribution in [1.82, 2.24) is 0 Å². The van der Waals surface area contributed by atoms with E-state index in [0.717, 1.165) is 0 Å². The van der Waals surface area contributed by atoms with Crippen LogP contribution < -0.4 is 0 Å². The van der Waals surface area contributed by atoms with E-state index in [0.29, 0.717) is 0 Å². The first-order chi connectivity index (χ1) is 11.2. The summed E-state index contributed by atoms with van der Waals surface area (Å²) in [6.45, 7) is 16.7. The van der Waals surface area contributed by atoms with Crippen LogP contribution in [0, 0.1) is 0 Å². The highest BCUT2D eigenvalue weighted by atomic mass is 28.5. The standard InChI is InChI=1S/C8H32O8Si8/c1-17(2)9-21-13-22(10-18(3)4)15-24(12-20(7)8)16-23(14-21)11-19(5)6/h17-24H,1-8H3. The normalized spacial score (nSPS) is 29.5. The van der Waals surface area contributed by atoms with Crippen molar-refractivity contribution in [2.75, 3.05) is 0 Å². The third kappa shape index (κ3) is 10.5. The molecule has 0 bridgehead atoms. The molecule has 1 fully saturated rings. The Kier molecular flexibility index (Phi) is 11.7. The van der Waals surface area contributed by atoms with Crippen molar-refractivity contribution in [3.63, 3.8) is 0 Å². The molecule has 0 amide bonds. The molecule has 0 N–H and O–H groups in total. The molecule has 1 heterocycles. The van der Waals surface area contributed by atoms with Gasteiger partial charge in [-0.25, -0.2) is 0 Å². The minimum atomic E-state index is -2.35. The molecule has 1 aliphatic heterocycles. The van der Waals surface area contributed by atoms with E-state index in [1.54, 1.807) is 0 Å². The lowest BCUT2D eigenvalue weighted by molar-refractivity contribution is 0.147. The molecule has 0 atom stereocenters. The Bertz CT molecular complexity index is 278. The van der Waals surface area contributed by atoms with E-state index in [2.05, 4.69) is 52.4 Å². The van der Waals surface area contributed by atoms with Gasteiger partial charge in [0.25, 0.3) is 0 Å². The molecular formula is C8H32O8Si8. The Morgan fingerprint density at radius 1 is 0.417 bits per heavy atom. The van der Waals surface area contributed by atoms with E-state index >= 15 is 0 Å². The van der Waals surface area contributed by atoms with E-state index in [9.17, 15) is 0 Å². The van der Waals surface area contributed by atoms with Crippen molar-refractivity contribution in [3.8, 4) is 0 Å². The largest absolute Gasteiger partial charge is 0.458 e. The van der Waals surface area contributed by atoms with Crippen molar-refractivity contribution < 1.29 is 32.9 Å². The molecule has 8 nitrogen and oxygen atoms in total. The highest BCUT2D eigenvalue weighted by Crippen LogP contribution is 2.13. The average molecular weight is 481 g/mol. The number of hydrogen-bond donors (Lipinski definition) is 0. The molecule has 144 valence electrons. The fourth-order valence-electron chi connectivity index (χ4n) is 1.64. The molecule has 0 aromatic rings. The second-order valence-corrected chi connectivity index (χ2v) is 25.8. The molecule has 0 aromatic heterocycles. The van der Waals surface area contributed by atoms with Crippen molar-refractivity contribution in [3.05, 3.63) is 0 Å². The maximum atomic E-state index is 6.06. The van der Waals surface area contributed by atoms with Gasteiger partial charge in [-0.3, -0.25) is 0 Å². The number of rotatable bonds is 8. The highest BCUT2D eigenvalue weighted by molar-refractivity contribution is 6.75. The van der Waals surface area contributed by atoms with Crippen LogP contribution in [0.1, 0.15) is 0 Å². The minimum absolute atomic E-state index is 1.30. The first-order valence-corrected chi connectivity index (χ1v) is 25.2. The first-order valence-electron chi connectivity index (χ1n) is 8.39. The molecule has 0 unspecified atom stereocenters. The fraction of sp³-hybridized carbons (Fsp3) is 1.00. The summed E-state index contributed by atoms with van der Waals surface area (Å²) in [4.78, 5) is 0. The van der Waals surface area contributed by atoms with Gasteiger partial charge in [0.1, 0.15) is 0 Å². The van der Waals surface area contributed by atoms with Crippen LogP contribution in [-0.2, 0) is 32.9 Å². The lowest BCUT2D eigenvalue weighted by atomic mass is 11.9. The molecule has 1 rings (SSSR count). The predicted molar refractivity (Wildman–Crippen MR) is 113 cm³/mol. The average Bonchev–Trinajstić information content (AvgIpc) is 2.32. The summed E-state index contributed by atoms with van der Waals surface area (Å²) in [7, 11) is -14.6. The van der Waals surface area contributed by atoms with Crippen LogP contribution in [0.4, 0.5) is 0 Å². The van der Waals surface area contributed by atoms with E-state index in [4.69, 9.17) is 32.9 Å². The monoisotopic (exact) mass is 480 g/mol.